The van der Waals surface area contributed by atoms with Gasteiger partial charge in [0.2, 0.25) is 0 Å². The van der Waals surface area contributed by atoms with Crippen molar-refractivity contribution in [2.45, 2.75) is 0 Å². The number of nitrogens with zero attached hydrogens (tertiary/aromatic N) is 3. The maximum atomic E-state index is 11.8. The molecule has 0 fully saturated rings. The third-order valence-electron chi connectivity index (χ3n) is 2.45. The molecule has 0 aliphatic rings. The molecule has 3 heterocycles. The fourth-order valence-corrected chi connectivity index (χ4v) is 2.30. The second-order valence-electron chi connectivity index (χ2n) is 3.66. The summed E-state index contributed by atoms with van der Waals surface area (Å²) in [4.78, 5) is 24.9. The number of hydrogen-bond donors (Lipinski definition) is 2. The average Bonchev–Trinajstić information content (AvgIpc) is 2.94. The lowest BCUT2D eigenvalue weighted by Crippen LogP contribution is -2.30. The molecular formula is C12H9N5OS. The van der Waals surface area contributed by atoms with Crippen LogP contribution in [0.4, 0.5) is 5.82 Å². The number of hydrazine groups is 1. The van der Waals surface area contributed by atoms with Crippen LogP contribution < -0.4 is 10.9 Å². The van der Waals surface area contributed by atoms with Crippen molar-refractivity contribution in [1.82, 2.24) is 20.4 Å². The molecule has 0 saturated carbocycles. The van der Waals surface area contributed by atoms with Crippen LogP contribution in [0.3, 0.4) is 0 Å². The molecule has 6 nitrogen and oxygen atoms in total. The summed E-state index contributed by atoms with van der Waals surface area (Å²) in [7, 11) is 0. The number of thiophene rings is 1. The van der Waals surface area contributed by atoms with Crippen LogP contribution in [-0.4, -0.2) is 20.9 Å². The highest BCUT2D eigenvalue weighted by Crippen LogP contribution is 2.22. The molecule has 0 aliphatic heterocycles. The van der Waals surface area contributed by atoms with E-state index >= 15 is 0 Å². The summed E-state index contributed by atoms with van der Waals surface area (Å²) in [5.41, 5.74) is 5.69. The van der Waals surface area contributed by atoms with Crippen molar-refractivity contribution in [2.24, 2.45) is 0 Å². The zero-order valence-corrected chi connectivity index (χ0v) is 10.5. The topological polar surface area (TPSA) is 79.8 Å². The van der Waals surface area contributed by atoms with Crippen molar-refractivity contribution >= 4 is 33.3 Å². The zero-order valence-electron chi connectivity index (χ0n) is 9.70. The summed E-state index contributed by atoms with van der Waals surface area (Å²) < 4.78 is 0. The quantitative estimate of drug-likeness (QED) is 0.711. The third kappa shape index (κ3) is 2.36. The van der Waals surface area contributed by atoms with Crippen LogP contribution in [0.1, 0.15) is 10.5 Å². The van der Waals surface area contributed by atoms with Gasteiger partial charge >= 0.3 is 0 Å². The number of carbonyl (C=O) groups is 1. The van der Waals surface area contributed by atoms with E-state index in [0.29, 0.717) is 11.5 Å². The zero-order chi connectivity index (χ0) is 13.1. The number of rotatable bonds is 3. The van der Waals surface area contributed by atoms with Crippen LogP contribution in [0.15, 0.2) is 42.2 Å². The molecule has 0 unspecified atom stereocenters. The van der Waals surface area contributed by atoms with Gasteiger partial charge in [-0.05, 0) is 23.6 Å². The Kier molecular flexibility index (Phi) is 3.03. The Morgan fingerprint density at radius 1 is 1.16 bits per heavy atom. The summed E-state index contributed by atoms with van der Waals surface area (Å²) in [5, 5.41) is 2.79. The molecule has 0 aromatic carbocycles. The first-order chi connectivity index (χ1) is 9.34. The molecule has 0 saturated heterocycles. The van der Waals surface area contributed by atoms with Gasteiger partial charge in [-0.15, -0.1) is 11.3 Å². The molecule has 3 aromatic heterocycles. The van der Waals surface area contributed by atoms with Crippen molar-refractivity contribution in [3.05, 3.63) is 47.9 Å². The number of aromatic nitrogens is 3. The lowest BCUT2D eigenvalue weighted by atomic mass is 10.3. The Morgan fingerprint density at radius 2 is 2.11 bits per heavy atom. The van der Waals surface area contributed by atoms with Crippen molar-refractivity contribution in [3.63, 3.8) is 0 Å². The number of carbonyl (C=O) groups excluding carboxylic acids is 1. The standard InChI is InChI=1S/C12H9N5OS/c18-11(9-3-1-2-5-13-9)17-16-10-8-4-6-19-12(8)15-7-14-10/h1-7H,(H,17,18)(H,14,15,16). The molecule has 2 N–H and O–H groups in total. The van der Waals surface area contributed by atoms with Crippen molar-refractivity contribution < 1.29 is 4.79 Å². The highest BCUT2D eigenvalue weighted by atomic mass is 32.1. The van der Waals surface area contributed by atoms with Gasteiger partial charge in [-0.1, -0.05) is 6.07 Å². The van der Waals surface area contributed by atoms with Gasteiger partial charge in [0, 0.05) is 6.20 Å². The lowest BCUT2D eigenvalue weighted by molar-refractivity contribution is 0.0957. The first-order valence-electron chi connectivity index (χ1n) is 5.50. The van der Waals surface area contributed by atoms with Gasteiger partial charge in [0.15, 0.2) is 5.82 Å². The molecule has 0 atom stereocenters. The maximum absolute atomic E-state index is 11.8. The first kappa shape index (κ1) is 11.5. The number of fused-ring (bicyclic) bond motifs is 1. The van der Waals surface area contributed by atoms with E-state index in [9.17, 15) is 4.79 Å². The smallest absolute Gasteiger partial charge is 0.281 e. The first-order valence-corrected chi connectivity index (χ1v) is 6.38. The van der Waals surface area contributed by atoms with Crippen LogP contribution in [0.2, 0.25) is 0 Å². The van der Waals surface area contributed by atoms with Crippen molar-refractivity contribution in [2.75, 3.05) is 5.43 Å². The van der Waals surface area contributed by atoms with E-state index in [0.717, 1.165) is 10.2 Å². The third-order valence-corrected chi connectivity index (χ3v) is 3.27. The summed E-state index contributed by atoms with van der Waals surface area (Å²) in [6, 6.07) is 7.04. The molecular weight excluding hydrogens is 262 g/mol. The van der Waals surface area contributed by atoms with E-state index in [1.807, 2.05) is 11.4 Å². The molecule has 0 spiro atoms. The number of amides is 1. The van der Waals surface area contributed by atoms with Gasteiger partial charge in [0.25, 0.3) is 5.91 Å². The monoisotopic (exact) mass is 271 g/mol. The summed E-state index contributed by atoms with van der Waals surface area (Å²) in [6.45, 7) is 0. The Balaban J connectivity index is 1.76. The van der Waals surface area contributed by atoms with Crippen molar-refractivity contribution in [3.8, 4) is 0 Å². The fraction of sp³-hybridized carbons (Fsp3) is 0. The number of nitrogens with one attached hydrogen (secondary N) is 2. The summed E-state index contributed by atoms with van der Waals surface area (Å²) in [5.74, 6) is 0.248. The van der Waals surface area contributed by atoms with E-state index < -0.39 is 0 Å². The predicted octanol–water partition coefficient (Wildman–Crippen LogP) is 1.84. The molecule has 0 radical (unpaired) electrons. The van der Waals surface area contributed by atoms with E-state index in [2.05, 4.69) is 25.8 Å². The number of pyridine rings is 1. The van der Waals surface area contributed by atoms with E-state index in [1.54, 1.807) is 24.4 Å². The molecule has 0 bridgehead atoms. The fourth-order valence-electron chi connectivity index (χ4n) is 1.57. The van der Waals surface area contributed by atoms with Gasteiger partial charge in [-0.3, -0.25) is 20.6 Å². The summed E-state index contributed by atoms with van der Waals surface area (Å²) in [6.07, 6.45) is 3.02. The minimum Gasteiger partial charge on any atom is -0.281 e. The minimum atomic E-state index is -0.317. The van der Waals surface area contributed by atoms with Gasteiger partial charge in [0.05, 0.1) is 5.39 Å². The normalized spacial score (nSPS) is 10.3. The SMILES string of the molecule is O=C(NNc1ncnc2sccc12)c1ccccn1. The molecule has 3 aromatic rings. The number of hydrogen-bond acceptors (Lipinski definition) is 6. The lowest BCUT2D eigenvalue weighted by Gasteiger charge is -2.07. The van der Waals surface area contributed by atoms with E-state index in [4.69, 9.17) is 0 Å². The molecule has 3 rings (SSSR count). The molecule has 7 heteroatoms. The van der Waals surface area contributed by atoms with Crippen LogP contribution in [0.5, 0.6) is 0 Å². The van der Waals surface area contributed by atoms with E-state index in [1.165, 1.54) is 17.7 Å². The second kappa shape index (κ2) is 4.99. The minimum absolute atomic E-state index is 0.317. The molecule has 1 amide bonds. The highest BCUT2D eigenvalue weighted by Gasteiger charge is 2.08. The molecule has 0 aliphatic carbocycles. The van der Waals surface area contributed by atoms with Crippen LogP contribution in [0, 0.1) is 0 Å². The Labute approximate surface area is 112 Å². The average molecular weight is 271 g/mol. The summed E-state index contributed by atoms with van der Waals surface area (Å²) >= 11 is 1.52. The predicted molar refractivity (Wildman–Crippen MR) is 72.7 cm³/mol. The van der Waals surface area contributed by atoms with Crippen molar-refractivity contribution in [1.29, 1.82) is 0 Å². The van der Waals surface area contributed by atoms with Crippen LogP contribution >= 0.6 is 11.3 Å². The van der Waals surface area contributed by atoms with Gasteiger partial charge in [-0.2, -0.15) is 0 Å². The molecule has 94 valence electrons. The van der Waals surface area contributed by atoms with Gasteiger partial charge < -0.3 is 0 Å². The second-order valence-corrected chi connectivity index (χ2v) is 4.55. The number of anilines is 1. The maximum Gasteiger partial charge on any atom is 0.288 e. The van der Waals surface area contributed by atoms with Crippen LogP contribution in [-0.2, 0) is 0 Å². The molecule has 19 heavy (non-hydrogen) atoms. The van der Waals surface area contributed by atoms with E-state index in [-0.39, 0.29) is 5.91 Å². The largest absolute Gasteiger partial charge is 0.288 e. The Bertz CT molecular complexity index is 712. The van der Waals surface area contributed by atoms with Gasteiger partial charge in [-0.25, -0.2) is 9.97 Å². The highest BCUT2D eigenvalue weighted by molar-refractivity contribution is 7.16. The Morgan fingerprint density at radius 3 is 2.95 bits per heavy atom. The van der Waals surface area contributed by atoms with Crippen LogP contribution in [0.25, 0.3) is 10.2 Å². The van der Waals surface area contributed by atoms with Gasteiger partial charge in [0.1, 0.15) is 16.9 Å². The Hall–Kier alpha value is -2.54.